The summed E-state index contributed by atoms with van der Waals surface area (Å²) in [7, 11) is 3.11. The lowest BCUT2D eigenvalue weighted by Crippen LogP contribution is -2.13. The number of carbonyl (C=O) groups is 1. The number of aromatic nitrogens is 2. The molecule has 7 heteroatoms. The zero-order valence-electron chi connectivity index (χ0n) is 15.1. The van der Waals surface area contributed by atoms with E-state index in [1.54, 1.807) is 44.2 Å². The molecular formula is C20H19N3O3S. The molecule has 27 heavy (non-hydrogen) atoms. The van der Waals surface area contributed by atoms with Gasteiger partial charge in [-0.1, -0.05) is 30.0 Å². The van der Waals surface area contributed by atoms with Crippen molar-refractivity contribution in [3.63, 3.8) is 0 Å². The van der Waals surface area contributed by atoms with E-state index in [1.165, 1.54) is 0 Å². The summed E-state index contributed by atoms with van der Waals surface area (Å²) in [4.78, 5) is 17.5. The van der Waals surface area contributed by atoms with E-state index >= 15 is 0 Å². The molecule has 0 aliphatic carbocycles. The van der Waals surface area contributed by atoms with Crippen LogP contribution in [0.5, 0.6) is 11.5 Å². The van der Waals surface area contributed by atoms with Crippen LogP contribution in [0.15, 0.2) is 53.8 Å². The van der Waals surface area contributed by atoms with Crippen molar-refractivity contribution in [3.05, 3.63) is 54.2 Å². The van der Waals surface area contributed by atoms with Crippen LogP contribution >= 0.6 is 11.8 Å². The predicted molar refractivity (Wildman–Crippen MR) is 106 cm³/mol. The van der Waals surface area contributed by atoms with Crippen molar-refractivity contribution in [2.24, 2.45) is 0 Å². The summed E-state index contributed by atoms with van der Waals surface area (Å²) in [6.45, 7) is 0.963. The van der Waals surface area contributed by atoms with E-state index in [2.05, 4.69) is 9.88 Å². The number of amides is 1. The average molecular weight is 381 g/mol. The van der Waals surface area contributed by atoms with Crippen molar-refractivity contribution in [2.45, 2.75) is 11.7 Å². The maximum Gasteiger partial charge on any atom is 0.255 e. The highest BCUT2D eigenvalue weighted by atomic mass is 32.2. The number of ether oxygens (including phenoxy) is 2. The van der Waals surface area contributed by atoms with Crippen LogP contribution in [0.3, 0.4) is 0 Å². The van der Waals surface area contributed by atoms with Crippen molar-refractivity contribution in [3.8, 4) is 22.8 Å². The van der Waals surface area contributed by atoms with Crippen LogP contribution in [-0.2, 0) is 6.54 Å². The van der Waals surface area contributed by atoms with Crippen LogP contribution in [0.25, 0.3) is 11.3 Å². The van der Waals surface area contributed by atoms with Crippen LogP contribution < -0.4 is 14.8 Å². The summed E-state index contributed by atoms with van der Waals surface area (Å²) in [5.74, 6) is 1.95. The van der Waals surface area contributed by atoms with E-state index in [0.29, 0.717) is 22.7 Å². The van der Waals surface area contributed by atoms with Gasteiger partial charge in [0, 0.05) is 35.7 Å². The number of imidazole rings is 1. The van der Waals surface area contributed by atoms with E-state index in [0.717, 1.165) is 28.7 Å². The second-order valence-corrected chi connectivity index (χ2v) is 7.11. The first-order chi connectivity index (χ1) is 13.2. The van der Waals surface area contributed by atoms with Crippen molar-refractivity contribution in [1.82, 2.24) is 9.55 Å². The number of hydrogen-bond donors (Lipinski definition) is 1. The fraction of sp³-hybridized carbons (Fsp3) is 0.200. The Balaban J connectivity index is 1.64. The first-order valence-corrected chi connectivity index (χ1v) is 9.50. The van der Waals surface area contributed by atoms with Crippen molar-refractivity contribution >= 4 is 23.4 Å². The van der Waals surface area contributed by atoms with Gasteiger partial charge in [-0.2, -0.15) is 0 Å². The molecule has 1 amide bonds. The van der Waals surface area contributed by atoms with Crippen LogP contribution in [-0.4, -0.2) is 35.4 Å². The fourth-order valence-electron chi connectivity index (χ4n) is 2.99. The summed E-state index contributed by atoms with van der Waals surface area (Å²) in [5.41, 5.74) is 2.93. The minimum absolute atomic E-state index is 0.235. The molecule has 0 spiro atoms. The molecule has 0 fully saturated rings. The van der Waals surface area contributed by atoms with Gasteiger partial charge >= 0.3 is 0 Å². The predicted octanol–water partition coefficient (Wildman–Crippen LogP) is 3.93. The van der Waals surface area contributed by atoms with E-state index in [4.69, 9.17) is 14.5 Å². The van der Waals surface area contributed by atoms with E-state index in [1.807, 2.05) is 30.5 Å². The van der Waals surface area contributed by atoms with Crippen molar-refractivity contribution in [2.75, 3.05) is 25.3 Å². The number of fused-ring (bicyclic) bond motifs is 1. The summed E-state index contributed by atoms with van der Waals surface area (Å²) in [6.07, 6.45) is 2.04. The lowest BCUT2D eigenvalue weighted by atomic mass is 10.1. The highest BCUT2D eigenvalue weighted by Gasteiger charge is 2.18. The Bertz CT molecular complexity index is 956. The van der Waals surface area contributed by atoms with E-state index in [-0.39, 0.29) is 5.91 Å². The fourth-order valence-corrected chi connectivity index (χ4v) is 3.93. The topological polar surface area (TPSA) is 65.4 Å². The quantitative estimate of drug-likeness (QED) is 0.726. The molecule has 0 saturated heterocycles. The molecule has 0 atom stereocenters. The first kappa shape index (κ1) is 17.5. The van der Waals surface area contributed by atoms with Gasteiger partial charge in [0.25, 0.3) is 5.91 Å². The Kier molecular flexibility index (Phi) is 4.77. The second kappa shape index (κ2) is 7.36. The van der Waals surface area contributed by atoms with Gasteiger partial charge < -0.3 is 19.4 Å². The van der Waals surface area contributed by atoms with Gasteiger partial charge in [-0.05, 0) is 18.2 Å². The third-order valence-corrected chi connectivity index (χ3v) is 5.34. The average Bonchev–Trinajstić information content (AvgIpc) is 3.30. The molecular weight excluding hydrogens is 362 g/mol. The van der Waals surface area contributed by atoms with Crippen molar-refractivity contribution in [1.29, 1.82) is 0 Å². The Hall–Kier alpha value is -2.93. The van der Waals surface area contributed by atoms with Crippen molar-refractivity contribution < 1.29 is 14.3 Å². The van der Waals surface area contributed by atoms with Gasteiger partial charge in [0.05, 0.1) is 25.6 Å². The number of hydrogen-bond acceptors (Lipinski definition) is 5. The lowest BCUT2D eigenvalue weighted by Gasteiger charge is -2.11. The molecule has 4 rings (SSSR count). The number of methoxy groups -OCH3 is 2. The Morgan fingerprint density at radius 1 is 1.15 bits per heavy atom. The van der Waals surface area contributed by atoms with Crippen LogP contribution in [0.4, 0.5) is 5.69 Å². The molecule has 0 saturated carbocycles. The number of thioether (sulfide) groups is 1. The summed E-state index contributed by atoms with van der Waals surface area (Å²) in [6, 6.07) is 12.8. The first-order valence-electron chi connectivity index (χ1n) is 8.51. The number of nitrogens with one attached hydrogen (secondary N) is 1. The molecule has 1 aliphatic rings. The Morgan fingerprint density at radius 3 is 2.59 bits per heavy atom. The number of benzene rings is 2. The number of anilines is 1. The SMILES string of the molecule is COc1cc(OC)cc(C(=O)Nc2ccccc2-c2cn3c(n2)SCC3)c1. The van der Waals surface area contributed by atoms with Gasteiger partial charge in [0.1, 0.15) is 11.5 Å². The zero-order valence-corrected chi connectivity index (χ0v) is 15.9. The molecule has 1 aliphatic heterocycles. The van der Waals surface area contributed by atoms with Crippen LogP contribution in [0, 0.1) is 0 Å². The summed E-state index contributed by atoms with van der Waals surface area (Å²) >= 11 is 1.74. The molecule has 6 nitrogen and oxygen atoms in total. The second-order valence-electron chi connectivity index (χ2n) is 6.05. The number of carbonyl (C=O) groups excluding carboxylic acids is 1. The summed E-state index contributed by atoms with van der Waals surface area (Å²) in [5, 5.41) is 4.00. The van der Waals surface area contributed by atoms with E-state index in [9.17, 15) is 4.79 Å². The Labute approximate surface area is 161 Å². The number of para-hydroxylation sites is 1. The number of nitrogens with zero attached hydrogens (tertiary/aromatic N) is 2. The third-order valence-electron chi connectivity index (χ3n) is 4.37. The van der Waals surface area contributed by atoms with Gasteiger partial charge in [-0.15, -0.1) is 0 Å². The zero-order chi connectivity index (χ0) is 18.8. The third kappa shape index (κ3) is 3.50. The molecule has 2 aromatic carbocycles. The van der Waals surface area contributed by atoms with Crippen LogP contribution in [0.2, 0.25) is 0 Å². The maximum atomic E-state index is 12.8. The monoisotopic (exact) mass is 381 g/mol. The Morgan fingerprint density at radius 2 is 1.89 bits per heavy atom. The van der Waals surface area contributed by atoms with E-state index < -0.39 is 0 Å². The highest BCUT2D eigenvalue weighted by molar-refractivity contribution is 7.99. The molecule has 0 unspecified atom stereocenters. The number of aryl methyl sites for hydroxylation is 1. The minimum Gasteiger partial charge on any atom is -0.497 e. The normalized spacial score (nSPS) is 12.5. The minimum atomic E-state index is -0.235. The van der Waals surface area contributed by atoms with Gasteiger partial charge in [0.2, 0.25) is 0 Å². The largest absolute Gasteiger partial charge is 0.497 e. The summed E-state index contributed by atoms with van der Waals surface area (Å²) < 4.78 is 12.6. The number of rotatable bonds is 5. The molecule has 1 aromatic heterocycles. The smallest absolute Gasteiger partial charge is 0.255 e. The molecule has 0 radical (unpaired) electrons. The molecule has 2 heterocycles. The van der Waals surface area contributed by atoms with Gasteiger partial charge in [-0.25, -0.2) is 4.98 Å². The molecule has 3 aromatic rings. The lowest BCUT2D eigenvalue weighted by molar-refractivity contribution is 0.102. The molecule has 1 N–H and O–H groups in total. The molecule has 138 valence electrons. The molecule has 0 bridgehead atoms. The highest BCUT2D eigenvalue weighted by Crippen LogP contribution is 2.33. The standard InChI is InChI=1S/C20H19N3O3S/c1-25-14-9-13(10-15(11-14)26-2)19(24)21-17-6-4-3-5-16(17)18-12-23-7-8-27-20(23)22-18/h3-6,9-12H,7-8H2,1-2H3,(H,21,24). The van der Waals surface area contributed by atoms with Gasteiger partial charge in [0.15, 0.2) is 5.16 Å². The van der Waals surface area contributed by atoms with Gasteiger partial charge in [-0.3, -0.25) is 4.79 Å². The van der Waals surface area contributed by atoms with Crippen LogP contribution in [0.1, 0.15) is 10.4 Å². The maximum absolute atomic E-state index is 12.8.